The molecule has 30 heavy (non-hydrogen) atoms. The highest BCUT2D eigenvalue weighted by Gasteiger charge is 2.55. The molecule has 0 unspecified atom stereocenters. The van der Waals surface area contributed by atoms with E-state index in [2.05, 4.69) is 34.1 Å². The van der Waals surface area contributed by atoms with Gasteiger partial charge >= 0.3 is 5.97 Å². The van der Waals surface area contributed by atoms with E-state index in [-0.39, 0.29) is 0 Å². The average Bonchev–Trinajstić information content (AvgIpc) is 3.44. The molecular weight excluding hydrogens is 372 g/mol. The van der Waals surface area contributed by atoms with Crippen LogP contribution in [0.1, 0.15) is 72.0 Å². The second-order valence-electron chi connectivity index (χ2n) is 10.1. The summed E-state index contributed by atoms with van der Waals surface area (Å²) in [4.78, 5) is 16.3. The summed E-state index contributed by atoms with van der Waals surface area (Å²) >= 11 is 0. The van der Waals surface area contributed by atoms with Crippen molar-refractivity contribution in [2.24, 2.45) is 5.41 Å². The molecule has 0 aromatic heterocycles. The lowest BCUT2D eigenvalue weighted by Gasteiger charge is -2.62. The first-order chi connectivity index (χ1) is 14.6. The number of likely N-dealkylation sites (tertiary alicyclic amines) is 1. The minimum Gasteiger partial charge on any atom is -0.478 e. The van der Waals surface area contributed by atoms with Gasteiger partial charge < -0.3 is 10.0 Å². The van der Waals surface area contributed by atoms with E-state index in [0.29, 0.717) is 17.0 Å². The monoisotopic (exact) mass is 402 g/mol. The Hall–Kier alpha value is -2.33. The zero-order chi connectivity index (χ0) is 20.3. The fourth-order valence-corrected chi connectivity index (χ4v) is 6.33. The number of hydrogen-bond acceptors (Lipinski definition) is 3. The van der Waals surface area contributed by atoms with Crippen molar-refractivity contribution in [3.63, 3.8) is 0 Å². The minimum atomic E-state index is -0.855. The number of anilines is 1. The van der Waals surface area contributed by atoms with Crippen LogP contribution in [0.2, 0.25) is 0 Å². The van der Waals surface area contributed by atoms with Crippen LogP contribution in [-0.2, 0) is 0 Å². The van der Waals surface area contributed by atoms with Crippen LogP contribution in [0.4, 0.5) is 5.69 Å². The Balaban J connectivity index is 1.10. The second-order valence-corrected chi connectivity index (χ2v) is 10.1. The third-order valence-electron chi connectivity index (χ3n) is 8.00. The quantitative estimate of drug-likeness (QED) is 0.758. The Labute approximate surface area is 178 Å². The van der Waals surface area contributed by atoms with Gasteiger partial charge in [0.2, 0.25) is 0 Å². The molecule has 4 aliphatic rings. The maximum Gasteiger partial charge on any atom is 0.335 e. The summed E-state index contributed by atoms with van der Waals surface area (Å²) in [6.45, 7) is 3.49. The first kappa shape index (κ1) is 18.4. The van der Waals surface area contributed by atoms with Gasteiger partial charge in [0.1, 0.15) is 0 Å². The van der Waals surface area contributed by atoms with Gasteiger partial charge in [0.25, 0.3) is 0 Å². The molecule has 2 saturated heterocycles. The molecule has 2 aliphatic carbocycles. The molecule has 4 heteroatoms. The number of carbonyl (C=O) groups is 1. The van der Waals surface area contributed by atoms with Crippen molar-refractivity contribution < 1.29 is 9.90 Å². The van der Waals surface area contributed by atoms with Crippen LogP contribution in [0.25, 0.3) is 0 Å². The van der Waals surface area contributed by atoms with Crippen LogP contribution >= 0.6 is 0 Å². The maximum atomic E-state index is 11.1. The summed E-state index contributed by atoms with van der Waals surface area (Å²) < 4.78 is 0. The average molecular weight is 403 g/mol. The summed E-state index contributed by atoms with van der Waals surface area (Å²) in [6, 6.07) is 18.0. The number of carboxylic acids is 1. The van der Waals surface area contributed by atoms with Gasteiger partial charge in [-0.2, -0.15) is 0 Å². The van der Waals surface area contributed by atoms with Crippen molar-refractivity contribution in [1.29, 1.82) is 0 Å². The van der Waals surface area contributed by atoms with Crippen molar-refractivity contribution in [1.82, 2.24) is 4.90 Å². The first-order valence-electron chi connectivity index (χ1n) is 11.5. The number of carboxylic acid groups (broad SMARTS) is 1. The number of rotatable bonds is 5. The fourth-order valence-electron chi connectivity index (χ4n) is 6.33. The van der Waals surface area contributed by atoms with E-state index < -0.39 is 5.97 Å². The highest BCUT2D eigenvalue weighted by molar-refractivity contribution is 5.88. The molecule has 2 saturated carbocycles. The Morgan fingerprint density at radius 1 is 0.933 bits per heavy atom. The van der Waals surface area contributed by atoms with Crippen molar-refractivity contribution in [3.05, 3.63) is 65.2 Å². The van der Waals surface area contributed by atoms with Gasteiger partial charge in [-0.1, -0.05) is 24.3 Å². The number of nitrogens with zero attached hydrogens (tertiary/aromatic N) is 2. The third-order valence-corrected chi connectivity index (χ3v) is 8.00. The SMILES string of the molecule is O=C(O)c1ccc(N2CC3(CC(N4CCC[C@H]4c4ccccc4C4CC4)C3)C2)cc1. The lowest BCUT2D eigenvalue weighted by Crippen LogP contribution is -2.66. The zero-order valence-electron chi connectivity index (χ0n) is 17.5. The van der Waals surface area contributed by atoms with Crippen LogP contribution in [0.5, 0.6) is 0 Å². The van der Waals surface area contributed by atoms with Gasteiger partial charge in [-0.05, 0) is 86.4 Å². The van der Waals surface area contributed by atoms with Crippen molar-refractivity contribution in [3.8, 4) is 0 Å². The standard InChI is InChI=1S/C26H30N2O2/c29-25(30)19-9-11-20(12-10-19)27-16-26(17-27)14-21(15-26)28-13-3-6-24(28)23-5-2-1-4-22(23)18-7-8-18/h1-2,4-5,9-12,18,21,24H,3,6-8,13-17H2,(H,29,30)/t24-/m0/s1. The molecule has 4 fully saturated rings. The van der Waals surface area contributed by atoms with E-state index in [0.717, 1.165) is 30.7 Å². The lowest BCUT2D eigenvalue weighted by atomic mass is 9.60. The molecule has 0 radical (unpaired) electrons. The summed E-state index contributed by atoms with van der Waals surface area (Å²) in [5.41, 5.74) is 5.25. The number of benzene rings is 2. The van der Waals surface area contributed by atoms with E-state index >= 15 is 0 Å². The second kappa shape index (κ2) is 6.84. The molecule has 4 nitrogen and oxygen atoms in total. The van der Waals surface area contributed by atoms with Gasteiger partial charge in [0.05, 0.1) is 5.56 Å². The van der Waals surface area contributed by atoms with Crippen molar-refractivity contribution in [2.45, 2.75) is 56.5 Å². The van der Waals surface area contributed by atoms with E-state index in [9.17, 15) is 4.79 Å². The zero-order valence-corrected chi connectivity index (χ0v) is 17.5. The minimum absolute atomic E-state index is 0.365. The van der Waals surface area contributed by atoms with E-state index in [1.54, 1.807) is 23.3 Å². The normalized spacial score (nSPS) is 25.9. The topological polar surface area (TPSA) is 43.8 Å². The van der Waals surface area contributed by atoms with E-state index in [4.69, 9.17) is 5.11 Å². The fraction of sp³-hybridized carbons (Fsp3) is 0.500. The molecular formula is C26H30N2O2. The Morgan fingerprint density at radius 3 is 2.30 bits per heavy atom. The van der Waals surface area contributed by atoms with Crippen LogP contribution in [0, 0.1) is 5.41 Å². The molecule has 2 aromatic carbocycles. The van der Waals surface area contributed by atoms with Gasteiger partial charge in [0, 0.05) is 36.3 Å². The predicted molar refractivity (Wildman–Crippen MR) is 118 cm³/mol. The number of hydrogen-bond donors (Lipinski definition) is 1. The smallest absolute Gasteiger partial charge is 0.335 e. The molecule has 6 rings (SSSR count). The van der Waals surface area contributed by atoms with Gasteiger partial charge in [0.15, 0.2) is 0 Å². The van der Waals surface area contributed by atoms with Crippen LogP contribution in [0.3, 0.4) is 0 Å². The van der Waals surface area contributed by atoms with Crippen LogP contribution in [0.15, 0.2) is 48.5 Å². The first-order valence-corrected chi connectivity index (χ1v) is 11.5. The Kier molecular flexibility index (Phi) is 4.21. The largest absolute Gasteiger partial charge is 0.478 e. The lowest BCUT2D eigenvalue weighted by molar-refractivity contribution is -0.0256. The summed E-state index contributed by atoms with van der Waals surface area (Å²) in [5, 5.41) is 9.09. The molecule has 0 bridgehead atoms. The molecule has 1 atom stereocenters. The molecule has 2 heterocycles. The molecule has 1 spiro atoms. The summed E-state index contributed by atoms with van der Waals surface area (Å²) in [6.07, 6.45) is 8.03. The van der Waals surface area contributed by atoms with E-state index in [1.165, 1.54) is 45.1 Å². The maximum absolute atomic E-state index is 11.1. The third kappa shape index (κ3) is 3.04. The van der Waals surface area contributed by atoms with Gasteiger partial charge in [-0.25, -0.2) is 4.79 Å². The molecule has 1 N–H and O–H groups in total. The highest BCUT2D eigenvalue weighted by Crippen LogP contribution is 2.54. The van der Waals surface area contributed by atoms with Gasteiger partial charge in [-0.3, -0.25) is 4.90 Å². The molecule has 0 amide bonds. The molecule has 2 aliphatic heterocycles. The van der Waals surface area contributed by atoms with Crippen LogP contribution in [-0.4, -0.2) is 41.7 Å². The van der Waals surface area contributed by atoms with E-state index in [1.807, 2.05) is 12.1 Å². The highest BCUT2D eigenvalue weighted by atomic mass is 16.4. The van der Waals surface area contributed by atoms with Crippen molar-refractivity contribution >= 4 is 11.7 Å². The van der Waals surface area contributed by atoms with Gasteiger partial charge in [-0.15, -0.1) is 0 Å². The summed E-state index contributed by atoms with van der Waals surface area (Å²) in [7, 11) is 0. The predicted octanol–water partition coefficient (Wildman–Crippen LogP) is 5.07. The van der Waals surface area contributed by atoms with Crippen molar-refractivity contribution in [2.75, 3.05) is 24.5 Å². The Morgan fingerprint density at radius 2 is 1.63 bits per heavy atom. The Bertz CT molecular complexity index is 951. The summed E-state index contributed by atoms with van der Waals surface area (Å²) in [5.74, 6) is -0.0315. The molecule has 2 aromatic rings. The number of aromatic carboxylic acids is 1. The van der Waals surface area contributed by atoms with Crippen LogP contribution < -0.4 is 4.90 Å². The molecule has 156 valence electrons.